The number of hydrogen-bond donors (Lipinski definition) is 1. The third-order valence-electron chi connectivity index (χ3n) is 5.40. The minimum atomic E-state index is -0.992. The van der Waals surface area contributed by atoms with Crippen LogP contribution in [0.25, 0.3) is 0 Å². The molecule has 0 bridgehead atoms. The topological polar surface area (TPSA) is 76.1 Å². The highest BCUT2D eigenvalue weighted by Crippen LogP contribution is 2.32. The van der Waals surface area contributed by atoms with E-state index >= 15 is 0 Å². The Kier molecular flexibility index (Phi) is 8.41. The number of carbonyl (C=O) groups is 2. The van der Waals surface area contributed by atoms with Gasteiger partial charge in [0.25, 0.3) is 0 Å². The number of aliphatic carboxylic acids is 1. The highest BCUT2D eigenvalue weighted by molar-refractivity contribution is 6.30. The Morgan fingerprint density at radius 1 is 1.00 bits per heavy atom. The third kappa shape index (κ3) is 6.64. The number of carboxylic acid groups (broad SMARTS) is 1. The Balaban J connectivity index is 1.61. The molecule has 0 aromatic heterocycles. The van der Waals surface area contributed by atoms with Crippen LogP contribution in [0.15, 0.2) is 42.5 Å². The van der Waals surface area contributed by atoms with Gasteiger partial charge in [-0.05, 0) is 73.9 Å². The molecule has 1 saturated carbocycles. The first-order valence-corrected chi connectivity index (χ1v) is 10.7. The predicted molar refractivity (Wildman–Crippen MR) is 115 cm³/mol. The van der Waals surface area contributed by atoms with Crippen LogP contribution in [0.3, 0.4) is 0 Å². The molecule has 1 aliphatic rings. The predicted octanol–water partition coefficient (Wildman–Crippen LogP) is 5.80. The zero-order valence-corrected chi connectivity index (χ0v) is 18.1. The Labute approximate surface area is 189 Å². The lowest BCUT2D eigenvalue weighted by Gasteiger charge is -2.29. The van der Waals surface area contributed by atoms with Crippen LogP contribution in [-0.2, 0) is 14.3 Å². The molecule has 2 aromatic rings. The van der Waals surface area contributed by atoms with E-state index in [1.807, 2.05) is 0 Å². The maximum atomic E-state index is 14.0. The van der Waals surface area contributed by atoms with E-state index < -0.39 is 23.7 Å². The normalized spacial score (nSPS) is 18.2. The molecule has 0 unspecified atom stereocenters. The Morgan fingerprint density at radius 3 is 2.28 bits per heavy atom. The molecule has 32 heavy (non-hydrogen) atoms. The van der Waals surface area contributed by atoms with Crippen LogP contribution in [-0.4, -0.2) is 37.0 Å². The lowest BCUT2D eigenvalue weighted by molar-refractivity contribution is -0.142. The van der Waals surface area contributed by atoms with Gasteiger partial charge in [-0.25, -0.2) is 23.3 Å². The third-order valence-corrected chi connectivity index (χ3v) is 5.70. The smallest absolute Gasteiger partial charge is 0.418 e. The van der Waals surface area contributed by atoms with Gasteiger partial charge in [-0.2, -0.15) is 0 Å². The van der Waals surface area contributed by atoms with Gasteiger partial charge in [0.1, 0.15) is 18.2 Å². The zero-order valence-electron chi connectivity index (χ0n) is 17.3. The second-order valence-corrected chi connectivity index (χ2v) is 8.19. The number of nitrogens with zero attached hydrogens (tertiary/aromatic N) is 1. The maximum absolute atomic E-state index is 14.0. The van der Waals surface area contributed by atoms with Gasteiger partial charge in [-0.1, -0.05) is 17.7 Å². The number of benzene rings is 2. The molecule has 2 aromatic carbocycles. The van der Waals surface area contributed by atoms with Crippen molar-refractivity contribution < 1.29 is 33.0 Å². The average molecular weight is 468 g/mol. The lowest BCUT2D eigenvalue weighted by atomic mass is 9.83. The van der Waals surface area contributed by atoms with E-state index in [-0.39, 0.29) is 41.4 Å². The van der Waals surface area contributed by atoms with Gasteiger partial charge >= 0.3 is 12.1 Å². The first kappa shape index (κ1) is 23.9. The molecular formula is C23H24ClF2NO5. The van der Waals surface area contributed by atoms with Crippen molar-refractivity contribution in [2.75, 3.05) is 24.7 Å². The summed E-state index contributed by atoms with van der Waals surface area (Å²) in [5.74, 6) is -1.82. The highest BCUT2D eigenvalue weighted by atomic mass is 35.5. The summed E-state index contributed by atoms with van der Waals surface area (Å²) in [5.41, 5.74) is 0.373. The quantitative estimate of drug-likeness (QED) is 0.531. The summed E-state index contributed by atoms with van der Waals surface area (Å²) >= 11 is 5.75. The van der Waals surface area contributed by atoms with Crippen LogP contribution >= 0.6 is 11.6 Å². The summed E-state index contributed by atoms with van der Waals surface area (Å²) in [6, 6.07) is 9.25. The highest BCUT2D eigenvalue weighted by Gasteiger charge is 2.26. The number of anilines is 2. The fourth-order valence-electron chi connectivity index (χ4n) is 3.73. The SMILES string of the molecule is O=C(O)COC[C@H]1CC[C@H](COC(=O)N(c2cccc(F)c2)c2ccc(Cl)c(F)c2)CC1. The summed E-state index contributed by atoms with van der Waals surface area (Å²) in [5, 5.41) is 8.54. The molecule has 0 radical (unpaired) electrons. The fourth-order valence-corrected chi connectivity index (χ4v) is 3.85. The van der Waals surface area contributed by atoms with Crippen molar-refractivity contribution in [3.05, 3.63) is 59.1 Å². The number of carbonyl (C=O) groups excluding carboxylic acids is 1. The molecule has 0 atom stereocenters. The number of hydrogen-bond acceptors (Lipinski definition) is 4. The van der Waals surface area contributed by atoms with Crippen LogP contribution < -0.4 is 4.90 Å². The van der Waals surface area contributed by atoms with Gasteiger partial charge in [0, 0.05) is 0 Å². The van der Waals surface area contributed by atoms with E-state index in [2.05, 4.69) is 0 Å². The van der Waals surface area contributed by atoms with Crippen LogP contribution in [0.5, 0.6) is 0 Å². The standard InChI is InChI=1S/C23H24ClF2NO5/c24-20-9-8-19(11-21(20)26)27(18-3-1-2-17(25)10-18)23(30)32-13-16-6-4-15(5-7-16)12-31-14-22(28)29/h1-3,8-11,15-16H,4-7,12-14H2,(H,28,29)/t15-,16-. The van der Waals surface area contributed by atoms with E-state index in [0.29, 0.717) is 6.61 Å². The molecule has 0 heterocycles. The van der Waals surface area contributed by atoms with E-state index in [1.54, 1.807) is 0 Å². The summed E-state index contributed by atoms with van der Waals surface area (Å²) in [7, 11) is 0. The molecule has 0 spiro atoms. The second-order valence-electron chi connectivity index (χ2n) is 7.79. The molecule has 1 N–H and O–H groups in total. The molecular weight excluding hydrogens is 444 g/mol. The zero-order chi connectivity index (χ0) is 23.1. The Morgan fingerprint density at radius 2 is 1.66 bits per heavy atom. The first-order valence-electron chi connectivity index (χ1n) is 10.3. The average Bonchev–Trinajstić information content (AvgIpc) is 2.76. The summed E-state index contributed by atoms with van der Waals surface area (Å²) in [6.45, 7) is 0.260. The lowest BCUT2D eigenvalue weighted by Crippen LogP contribution is -2.30. The first-order chi connectivity index (χ1) is 15.3. The van der Waals surface area contributed by atoms with Crippen molar-refractivity contribution in [2.45, 2.75) is 25.7 Å². The molecule has 1 amide bonds. The van der Waals surface area contributed by atoms with Crippen LogP contribution in [0.1, 0.15) is 25.7 Å². The summed E-state index contributed by atoms with van der Waals surface area (Å²) in [4.78, 5) is 24.5. The van der Waals surface area contributed by atoms with Gasteiger partial charge in [0.15, 0.2) is 0 Å². The molecule has 172 valence electrons. The Bertz CT molecular complexity index is 950. The van der Waals surface area contributed by atoms with Crippen molar-refractivity contribution in [3.8, 4) is 0 Å². The molecule has 0 aliphatic heterocycles. The van der Waals surface area contributed by atoms with Crippen molar-refractivity contribution in [3.63, 3.8) is 0 Å². The maximum Gasteiger partial charge on any atom is 0.418 e. The Hall–Kier alpha value is -2.71. The number of rotatable bonds is 8. The minimum absolute atomic E-state index is 0.0922. The van der Waals surface area contributed by atoms with E-state index in [9.17, 15) is 18.4 Å². The molecule has 6 nitrogen and oxygen atoms in total. The number of ether oxygens (including phenoxy) is 2. The number of amides is 1. The van der Waals surface area contributed by atoms with Gasteiger partial charge in [-0.15, -0.1) is 0 Å². The van der Waals surface area contributed by atoms with Crippen LogP contribution in [0, 0.1) is 23.5 Å². The molecule has 1 aliphatic carbocycles. The number of halogens is 3. The van der Waals surface area contributed by atoms with Crippen molar-refractivity contribution >= 4 is 35.0 Å². The number of carboxylic acids is 1. The van der Waals surface area contributed by atoms with E-state index in [1.165, 1.54) is 30.3 Å². The molecule has 3 rings (SSSR count). The summed E-state index contributed by atoms with van der Waals surface area (Å²) < 4.78 is 38.5. The molecule has 9 heteroatoms. The molecule has 0 saturated heterocycles. The fraction of sp³-hybridized carbons (Fsp3) is 0.391. The van der Waals surface area contributed by atoms with Crippen LogP contribution in [0.4, 0.5) is 25.0 Å². The van der Waals surface area contributed by atoms with Crippen LogP contribution in [0.2, 0.25) is 5.02 Å². The molecule has 1 fully saturated rings. The second kappa shape index (κ2) is 11.2. The summed E-state index contributed by atoms with van der Waals surface area (Å²) in [6.07, 6.45) is 2.56. The van der Waals surface area contributed by atoms with Crippen molar-refractivity contribution in [1.29, 1.82) is 0 Å². The van der Waals surface area contributed by atoms with Crippen molar-refractivity contribution in [2.24, 2.45) is 11.8 Å². The van der Waals surface area contributed by atoms with E-state index in [0.717, 1.165) is 42.7 Å². The monoisotopic (exact) mass is 467 g/mol. The van der Waals surface area contributed by atoms with Crippen molar-refractivity contribution in [1.82, 2.24) is 0 Å². The van der Waals surface area contributed by atoms with Gasteiger partial charge in [0.2, 0.25) is 0 Å². The van der Waals surface area contributed by atoms with Gasteiger partial charge in [-0.3, -0.25) is 0 Å². The van der Waals surface area contributed by atoms with Gasteiger partial charge in [0.05, 0.1) is 29.6 Å². The largest absolute Gasteiger partial charge is 0.480 e. The minimum Gasteiger partial charge on any atom is -0.480 e. The van der Waals surface area contributed by atoms with Gasteiger partial charge < -0.3 is 14.6 Å². The van der Waals surface area contributed by atoms with E-state index in [4.69, 9.17) is 26.2 Å².